The summed E-state index contributed by atoms with van der Waals surface area (Å²) in [5.74, 6) is 0.574. The van der Waals surface area contributed by atoms with Gasteiger partial charge in [0.25, 0.3) is 0 Å². The maximum Gasteiger partial charge on any atom is 0.133 e. The predicted molar refractivity (Wildman–Crippen MR) is 97.7 cm³/mol. The van der Waals surface area contributed by atoms with Crippen molar-refractivity contribution in [3.8, 4) is 0 Å². The molecule has 1 saturated carbocycles. The normalized spacial score (nSPS) is 23.3. The number of rotatable bonds is 4. The summed E-state index contributed by atoms with van der Waals surface area (Å²) < 4.78 is 11.7. The van der Waals surface area contributed by atoms with Crippen molar-refractivity contribution in [3.05, 3.63) is 34.8 Å². The minimum Gasteiger partial charge on any atom is -0.290 e. The zero-order valence-electron chi connectivity index (χ0n) is 14.2. The van der Waals surface area contributed by atoms with E-state index >= 15 is 0 Å². The molecule has 1 aliphatic carbocycles. The van der Waals surface area contributed by atoms with Gasteiger partial charge in [-0.3, -0.25) is 9.98 Å². The summed E-state index contributed by atoms with van der Waals surface area (Å²) in [6.45, 7) is 11.8. The van der Waals surface area contributed by atoms with Crippen molar-refractivity contribution in [2.45, 2.75) is 53.4 Å². The van der Waals surface area contributed by atoms with E-state index < -0.39 is 0 Å². The SMILES string of the molecule is C/C=C\C=C(/C)F.C=N/C(Cl)=C1/CC(CC)CCC1=NCC. The minimum absolute atomic E-state index is 0.155. The smallest absolute Gasteiger partial charge is 0.133 e. The van der Waals surface area contributed by atoms with Gasteiger partial charge in [0.1, 0.15) is 5.16 Å². The van der Waals surface area contributed by atoms with Crippen molar-refractivity contribution in [3.63, 3.8) is 0 Å². The lowest BCUT2D eigenvalue weighted by atomic mass is 9.83. The third-order valence-electron chi connectivity index (χ3n) is 3.46. The molecule has 1 fully saturated rings. The largest absolute Gasteiger partial charge is 0.290 e. The first-order chi connectivity index (χ1) is 10.5. The van der Waals surface area contributed by atoms with E-state index in [4.69, 9.17) is 11.6 Å². The van der Waals surface area contributed by atoms with Gasteiger partial charge in [-0.25, -0.2) is 4.39 Å². The van der Waals surface area contributed by atoms with Crippen LogP contribution in [0.15, 0.2) is 44.8 Å². The molecule has 0 N–H and O–H groups in total. The number of aliphatic imine (C=N–C) groups is 2. The maximum atomic E-state index is 11.7. The van der Waals surface area contributed by atoms with Crippen LogP contribution in [-0.4, -0.2) is 19.0 Å². The molecular formula is C18H28ClFN2. The molecule has 1 unspecified atom stereocenters. The summed E-state index contributed by atoms with van der Waals surface area (Å²) in [4.78, 5) is 8.32. The number of allylic oxidation sites excluding steroid dienone is 5. The topological polar surface area (TPSA) is 24.7 Å². The van der Waals surface area contributed by atoms with Gasteiger partial charge in [0.15, 0.2) is 0 Å². The second-order valence-electron chi connectivity index (χ2n) is 5.14. The Morgan fingerprint density at radius 1 is 1.45 bits per heavy atom. The van der Waals surface area contributed by atoms with Crippen molar-refractivity contribution in [1.82, 2.24) is 0 Å². The Hall–Kier alpha value is -1.22. The zero-order chi connectivity index (χ0) is 17.0. The van der Waals surface area contributed by atoms with E-state index in [0.717, 1.165) is 36.6 Å². The molecule has 1 aliphatic rings. The van der Waals surface area contributed by atoms with Gasteiger partial charge in [-0.2, -0.15) is 0 Å². The Bertz CT molecular complexity index is 458. The van der Waals surface area contributed by atoms with Gasteiger partial charge in [-0.1, -0.05) is 37.1 Å². The lowest BCUT2D eigenvalue weighted by Gasteiger charge is -2.25. The molecule has 1 atom stereocenters. The highest BCUT2D eigenvalue weighted by atomic mass is 35.5. The number of nitrogens with zero attached hydrogens (tertiary/aromatic N) is 2. The maximum absolute atomic E-state index is 11.7. The summed E-state index contributed by atoms with van der Waals surface area (Å²) in [6, 6.07) is 0. The van der Waals surface area contributed by atoms with E-state index in [1.807, 2.05) is 13.8 Å². The van der Waals surface area contributed by atoms with Crippen LogP contribution in [0.2, 0.25) is 0 Å². The third-order valence-corrected chi connectivity index (χ3v) is 3.81. The van der Waals surface area contributed by atoms with Crippen LogP contribution in [0.3, 0.4) is 0 Å². The third kappa shape index (κ3) is 8.28. The van der Waals surface area contributed by atoms with Gasteiger partial charge in [0, 0.05) is 17.8 Å². The molecular weight excluding hydrogens is 299 g/mol. The van der Waals surface area contributed by atoms with Crippen LogP contribution in [0, 0.1) is 5.92 Å². The molecule has 124 valence electrons. The molecule has 0 amide bonds. The van der Waals surface area contributed by atoms with Gasteiger partial charge >= 0.3 is 0 Å². The zero-order valence-corrected chi connectivity index (χ0v) is 15.0. The number of halogens is 2. The average Bonchev–Trinajstić information content (AvgIpc) is 2.53. The summed E-state index contributed by atoms with van der Waals surface area (Å²) in [7, 11) is 0. The quantitative estimate of drug-likeness (QED) is 0.331. The van der Waals surface area contributed by atoms with Gasteiger partial charge in [0.05, 0.1) is 5.83 Å². The highest BCUT2D eigenvalue weighted by Gasteiger charge is 2.22. The van der Waals surface area contributed by atoms with Gasteiger partial charge in [0.2, 0.25) is 0 Å². The molecule has 1 rings (SSSR count). The van der Waals surface area contributed by atoms with Crippen molar-refractivity contribution >= 4 is 24.0 Å². The molecule has 0 radical (unpaired) electrons. The molecule has 22 heavy (non-hydrogen) atoms. The van der Waals surface area contributed by atoms with Crippen LogP contribution in [0.1, 0.15) is 53.4 Å². The van der Waals surface area contributed by atoms with Gasteiger partial charge < -0.3 is 0 Å². The monoisotopic (exact) mass is 326 g/mol. The summed E-state index contributed by atoms with van der Waals surface area (Å²) in [5, 5.41) is 0.542. The number of hydrogen-bond donors (Lipinski definition) is 0. The van der Waals surface area contributed by atoms with Crippen molar-refractivity contribution in [1.29, 1.82) is 0 Å². The fourth-order valence-corrected chi connectivity index (χ4v) is 2.43. The lowest BCUT2D eigenvalue weighted by Crippen LogP contribution is -2.18. The Labute approximate surface area is 139 Å². The standard InChI is InChI=1S/C12H19ClN2.C6H9F/c1-4-9-6-7-11(15-5-2)10(8-9)12(13)14-3;1-3-4-5-6(2)7/h9H,3-8H2,1-2H3;3-5H,1-2H3/b12-10-,15-11?;4-3-,6-5+. The van der Waals surface area contributed by atoms with Gasteiger partial charge in [-0.05, 0) is 58.7 Å². The Morgan fingerprint density at radius 2 is 2.14 bits per heavy atom. The second kappa shape index (κ2) is 12.3. The molecule has 0 aliphatic heterocycles. The molecule has 0 spiro atoms. The summed E-state index contributed by atoms with van der Waals surface area (Å²) in [6.07, 6.45) is 9.32. The Kier molecular flexibility index (Phi) is 11.7. The Balaban J connectivity index is 0.000000534. The fourth-order valence-electron chi connectivity index (χ4n) is 2.24. The van der Waals surface area contributed by atoms with E-state index in [0.29, 0.717) is 5.16 Å². The van der Waals surface area contributed by atoms with Crippen LogP contribution < -0.4 is 0 Å². The lowest BCUT2D eigenvalue weighted by molar-refractivity contribution is 0.463. The number of hydrogen-bond acceptors (Lipinski definition) is 2. The molecule has 0 aromatic rings. The highest BCUT2D eigenvalue weighted by molar-refractivity contribution is 6.32. The van der Waals surface area contributed by atoms with E-state index in [2.05, 4.69) is 23.6 Å². The molecule has 0 bridgehead atoms. The van der Waals surface area contributed by atoms with Crippen molar-refractivity contribution in [2.75, 3.05) is 6.54 Å². The van der Waals surface area contributed by atoms with E-state index in [-0.39, 0.29) is 5.83 Å². The van der Waals surface area contributed by atoms with Crippen LogP contribution in [0.4, 0.5) is 4.39 Å². The first kappa shape index (κ1) is 20.8. The van der Waals surface area contributed by atoms with E-state index in [9.17, 15) is 4.39 Å². The van der Waals surface area contributed by atoms with E-state index in [1.165, 1.54) is 25.8 Å². The first-order valence-corrected chi connectivity index (χ1v) is 8.21. The predicted octanol–water partition coefficient (Wildman–Crippen LogP) is 6.24. The summed E-state index contributed by atoms with van der Waals surface area (Å²) >= 11 is 6.07. The molecule has 4 heteroatoms. The van der Waals surface area contributed by atoms with Crippen LogP contribution >= 0.6 is 11.6 Å². The molecule has 0 heterocycles. The molecule has 0 saturated heterocycles. The van der Waals surface area contributed by atoms with Crippen LogP contribution in [0.5, 0.6) is 0 Å². The average molecular weight is 327 g/mol. The Morgan fingerprint density at radius 3 is 2.55 bits per heavy atom. The van der Waals surface area contributed by atoms with Crippen molar-refractivity contribution < 1.29 is 4.39 Å². The first-order valence-electron chi connectivity index (χ1n) is 7.84. The van der Waals surface area contributed by atoms with Gasteiger partial charge in [-0.15, -0.1) is 0 Å². The van der Waals surface area contributed by atoms with Crippen LogP contribution in [0.25, 0.3) is 0 Å². The fraction of sp³-hybridized carbons (Fsp3) is 0.556. The van der Waals surface area contributed by atoms with Crippen molar-refractivity contribution in [2.24, 2.45) is 15.9 Å². The minimum atomic E-state index is -0.155. The second-order valence-corrected chi connectivity index (χ2v) is 5.50. The summed E-state index contributed by atoms with van der Waals surface area (Å²) in [5.41, 5.74) is 2.26. The molecule has 0 aromatic carbocycles. The molecule has 2 nitrogen and oxygen atoms in total. The van der Waals surface area contributed by atoms with E-state index in [1.54, 1.807) is 12.2 Å². The van der Waals surface area contributed by atoms with Crippen LogP contribution in [-0.2, 0) is 0 Å². The highest BCUT2D eigenvalue weighted by Crippen LogP contribution is 2.32. The molecule has 0 aromatic heterocycles.